The van der Waals surface area contributed by atoms with Gasteiger partial charge in [-0.25, -0.2) is 0 Å². The lowest BCUT2D eigenvalue weighted by Gasteiger charge is -2.21. The third-order valence-corrected chi connectivity index (χ3v) is 6.56. The van der Waals surface area contributed by atoms with E-state index in [4.69, 9.17) is 27.9 Å². The zero-order valence-electron chi connectivity index (χ0n) is 19.1. The second kappa shape index (κ2) is 11.6. The van der Waals surface area contributed by atoms with Gasteiger partial charge in [-0.1, -0.05) is 48.8 Å². The fourth-order valence-electron chi connectivity index (χ4n) is 3.13. The van der Waals surface area contributed by atoms with E-state index in [-0.39, 0.29) is 29.5 Å². The molecule has 0 saturated carbocycles. The van der Waals surface area contributed by atoms with Gasteiger partial charge in [-0.2, -0.15) is 0 Å². The lowest BCUT2D eigenvalue weighted by Crippen LogP contribution is -2.33. The van der Waals surface area contributed by atoms with Crippen LogP contribution in [-0.4, -0.2) is 39.4 Å². The number of halogens is 2. The number of hydrogen-bond donors (Lipinski definition) is 2. The van der Waals surface area contributed by atoms with E-state index in [0.29, 0.717) is 38.0 Å². The van der Waals surface area contributed by atoms with Crippen molar-refractivity contribution < 1.29 is 14.3 Å². The Kier molecular flexibility index (Phi) is 8.82. The number of methoxy groups -OCH3 is 1. The van der Waals surface area contributed by atoms with E-state index in [2.05, 4.69) is 20.8 Å². The first-order chi connectivity index (χ1) is 16.2. The molecule has 2 aromatic carbocycles. The molecular formula is C23H25Cl2N5O3S. The van der Waals surface area contributed by atoms with Crippen LogP contribution in [0, 0.1) is 5.92 Å². The molecule has 0 aliphatic heterocycles. The summed E-state index contributed by atoms with van der Waals surface area (Å²) < 4.78 is 6.93. The molecule has 0 aliphatic carbocycles. The van der Waals surface area contributed by atoms with E-state index in [9.17, 15) is 9.59 Å². The fraction of sp³-hybridized carbons (Fsp3) is 0.304. The molecule has 1 atom stereocenters. The maximum Gasteiger partial charge on any atom is 0.251 e. The number of anilines is 1. The summed E-state index contributed by atoms with van der Waals surface area (Å²) in [5, 5.41) is 15.7. The monoisotopic (exact) mass is 521 g/mol. The van der Waals surface area contributed by atoms with Crippen LogP contribution in [-0.2, 0) is 11.8 Å². The zero-order valence-corrected chi connectivity index (χ0v) is 21.5. The van der Waals surface area contributed by atoms with Crippen molar-refractivity contribution in [3.8, 4) is 5.75 Å². The van der Waals surface area contributed by atoms with Crippen LogP contribution in [0.2, 0.25) is 10.0 Å². The molecule has 3 aromatic rings. The van der Waals surface area contributed by atoms with Gasteiger partial charge in [0, 0.05) is 17.6 Å². The van der Waals surface area contributed by atoms with Gasteiger partial charge in [-0.05, 0) is 48.4 Å². The number of nitrogens with one attached hydrogen (secondary N) is 2. The number of nitrogens with zero attached hydrogens (tertiary/aromatic N) is 3. The van der Waals surface area contributed by atoms with Crippen LogP contribution in [0.15, 0.2) is 47.6 Å². The average Bonchev–Trinajstić information content (AvgIpc) is 3.17. The Balaban J connectivity index is 1.66. The fourth-order valence-corrected chi connectivity index (χ4v) is 4.30. The summed E-state index contributed by atoms with van der Waals surface area (Å²) in [4.78, 5) is 25.2. The predicted molar refractivity (Wildman–Crippen MR) is 135 cm³/mol. The molecule has 0 spiro atoms. The lowest BCUT2D eigenvalue weighted by molar-refractivity contribution is -0.113. The molecule has 2 amide bonds. The highest BCUT2D eigenvalue weighted by Gasteiger charge is 2.25. The lowest BCUT2D eigenvalue weighted by atomic mass is 10.0. The quantitative estimate of drug-likeness (QED) is 0.385. The van der Waals surface area contributed by atoms with Crippen molar-refractivity contribution in [1.82, 2.24) is 20.1 Å². The first-order valence-corrected chi connectivity index (χ1v) is 12.2. The van der Waals surface area contributed by atoms with Crippen LogP contribution in [0.5, 0.6) is 5.75 Å². The molecule has 11 heteroatoms. The number of hydrogen-bond acceptors (Lipinski definition) is 6. The smallest absolute Gasteiger partial charge is 0.251 e. The Hall–Kier alpha value is -2.75. The summed E-state index contributed by atoms with van der Waals surface area (Å²) in [7, 11) is 3.38. The van der Waals surface area contributed by atoms with Crippen LogP contribution < -0.4 is 15.4 Å². The topological polar surface area (TPSA) is 98.1 Å². The molecule has 3 rings (SSSR count). The molecule has 1 heterocycles. The highest BCUT2D eigenvalue weighted by atomic mass is 35.5. The van der Waals surface area contributed by atoms with Gasteiger partial charge < -0.3 is 19.9 Å². The van der Waals surface area contributed by atoms with Crippen molar-refractivity contribution in [1.29, 1.82) is 0 Å². The van der Waals surface area contributed by atoms with Crippen molar-refractivity contribution in [2.75, 3.05) is 18.2 Å². The van der Waals surface area contributed by atoms with E-state index in [1.807, 2.05) is 13.8 Å². The summed E-state index contributed by atoms with van der Waals surface area (Å²) in [6, 6.07) is 11.4. The van der Waals surface area contributed by atoms with Gasteiger partial charge in [0.05, 0.1) is 29.6 Å². The van der Waals surface area contributed by atoms with Crippen molar-refractivity contribution in [2.45, 2.75) is 25.0 Å². The molecule has 180 valence electrons. The number of rotatable bonds is 9. The normalized spacial score (nSPS) is 11.9. The number of amides is 2. The van der Waals surface area contributed by atoms with E-state index in [1.165, 1.54) is 11.8 Å². The van der Waals surface area contributed by atoms with Gasteiger partial charge in [0.2, 0.25) is 5.91 Å². The van der Waals surface area contributed by atoms with E-state index in [1.54, 1.807) is 61.2 Å². The largest absolute Gasteiger partial charge is 0.497 e. The van der Waals surface area contributed by atoms with Crippen molar-refractivity contribution in [3.05, 3.63) is 63.9 Å². The minimum absolute atomic E-state index is 0.0540. The molecule has 1 aromatic heterocycles. The number of carbonyl (C=O) groups excluding carboxylic acids is 2. The second-order valence-electron chi connectivity index (χ2n) is 7.78. The highest BCUT2D eigenvalue weighted by molar-refractivity contribution is 7.99. The number of carbonyl (C=O) groups is 2. The summed E-state index contributed by atoms with van der Waals surface area (Å²) in [6.07, 6.45) is 0. The number of aromatic nitrogens is 3. The SMILES string of the molecule is COc1ccc(C(=O)NC(c2nnc(SCC(=O)Nc3ccc(Cl)cc3Cl)n2C)C(C)C)cc1. The minimum Gasteiger partial charge on any atom is -0.497 e. The summed E-state index contributed by atoms with van der Waals surface area (Å²) in [6.45, 7) is 3.98. The summed E-state index contributed by atoms with van der Waals surface area (Å²) in [5.41, 5.74) is 0.997. The molecule has 34 heavy (non-hydrogen) atoms. The van der Waals surface area contributed by atoms with Crippen molar-refractivity contribution in [3.63, 3.8) is 0 Å². The maximum absolute atomic E-state index is 12.8. The van der Waals surface area contributed by atoms with Crippen molar-refractivity contribution >= 4 is 52.5 Å². The number of ether oxygens (including phenoxy) is 1. The molecule has 0 bridgehead atoms. The molecule has 0 aliphatic rings. The first kappa shape index (κ1) is 25.9. The molecule has 0 fully saturated rings. The molecule has 8 nitrogen and oxygen atoms in total. The third kappa shape index (κ3) is 6.43. The van der Waals surface area contributed by atoms with Gasteiger partial charge in [0.15, 0.2) is 11.0 Å². The molecule has 2 N–H and O–H groups in total. The first-order valence-electron chi connectivity index (χ1n) is 10.4. The van der Waals surface area contributed by atoms with Gasteiger partial charge in [-0.15, -0.1) is 10.2 Å². The molecule has 0 radical (unpaired) electrons. The van der Waals surface area contributed by atoms with Crippen LogP contribution >= 0.6 is 35.0 Å². The summed E-state index contributed by atoms with van der Waals surface area (Å²) >= 11 is 13.2. The molecular weight excluding hydrogens is 497 g/mol. The molecule has 1 unspecified atom stereocenters. The van der Waals surface area contributed by atoms with Crippen LogP contribution in [0.3, 0.4) is 0 Å². The van der Waals surface area contributed by atoms with E-state index in [0.717, 1.165) is 0 Å². The predicted octanol–water partition coefficient (Wildman–Crippen LogP) is 4.99. The number of benzene rings is 2. The van der Waals surface area contributed by atoms with Crippen LogP contribution in [0.25, 0.3) is 0 Å². The Labute approximate surface area is 212 Å². The Morgan fingerprint density at radius 3 is 2.44 bits per heavy atom. The van der Waals surface area contributed by atoms with Gasteiger partial charge >= 0.3 is 0 Å². The van der Waals surface area contributed by atoms with Crippen LogP contribution in [0.4, 0.5) is 5.69 Å². The van der Waals surface area contributed by atoms with E-state index < -0.39 is 0 Å². The zero-order chi connectivity index (χ0) is 24.8. The highest BCUT2D eigenvalue weighted by Crippen LogP contribution is 2.27. The van der Waals surface area contributed by atoms with Crippen molar-refractivity contribution in [2.24, 2.45) is 13.0 Å². The van der Waals surface area contributed by atoms with E-state index >= 15 is 0 Å². The van der Waals surface area contributed by atoms with Gasteiger partial charge in [0.25, 0.3) is 5.91 Å². The molecule has 0 saturated heterocycles. The Morgan fingerprint density at radius 2 is 1.82 bits per heavy atom. The standard InChI is InChI=1S/C23H25Cl2N5O3S/c1-13(2)20(27-22(32)14-5-8-16(33-4)9-6-14)21-28-29-23(30(21)3)34-12-19(31)26-18-10-7-15(24)11-17(18)25/h5-11,13,20H,12H2,1-4H3,(H,26,31)(H,27,32). The minimum atomic E-state index is -0.372. The summed E-state index contributed by atoms with van der Waals surface area (Å²) in [5.74, 6) is 0.966. The Morgan fingerprint density at radius 1 is 1.12 bits per heavy atom. The maximum atomic E-state index is 12.8. The average molecular weight is 522 g/mol. The third-order valence-electron chi connectivity index (χ3n) is 4.99. The second-order valence-corrected chi connectivity index (χ2v) is 9.57. The Bertz CT molecular complexity index is 1170. The van der Waals surface area contributed by atoms with Gasteiger partial charge in [-0.3, -0.25) is 9.59 Å². The number of thioether (sulfide) groups is 1. The van der Waals surface area contributed by atoms with Gasteiger partial charge in [0.1, 0.15) is 5.75 Å². The van der Waals surface area contributed by atoms with Crippen LogP contribution in [0.1, 0.15) is 36.1 Å².